The number of hydrogen-bond acceptors (Lipinski definition) is 4. The van der Waals surface area contributed by atoms with Gasteiger partial charge in [0.2, 0.25) is 0 Å². The summed E-state index contributed by atoms with van der Waals surface area (Å²) >= 11 is 0. The van der Waals surface area contributed by atoms with Crippen molar-refractivity contribution in [3.8, 4) is 0 Å². The largest absolute Gasteiger partial charge is 0.495 e. The van der Waals surface area contributed by atoms with Crippen molar-refractivity contribution in [3.05, 3.63) is 29.6 Å². The number of hydrogen-bond donors (Lipinski definition) is 0. The third-order valence-electron chi connectivity index (χ3n) is 5.30. The molecule has 0 aliphatic carbocycles. The lowest BCUT2D eigenvalue weighted by molar-refractivity contribution is 0.00578. The molecule has 1 aromatic rings. The van der Waals surface area contributed by atoms with E-state index in [0.29, 0.717) is 19.5 Å². The zero-order chi connectivity index (χ0) is 21.3. The highest BCUT2D eigenvalue weighted by Crippen LogP contribution is 2.36. The van der Waals surface area contributed by atoms with Gasteiger partial charge in [0.25, 0.3) is 0 Å². The first kappa shape index (κ1) is 22.7. The lowest BCUT2D eigenvalue weighted by Crippen LogP contribution is -2.41. The van der Waals surface area contributed by atoms with Crippen molar-refractivity contribution in [1.29, 1.82) is 0 Å². The molecule has 0 radical (unpaired) electrons. The van der Waals surface area contributed by atoms with Gasteiger partial charge < -0.3 is 18.9 Å². The zero-order valence-corrected chi connectivity index (χ0v) is 18.4. The molecule has 28 heavy (non-hydrogen) atoms. The Kier molecular flexibility index (Phi) is 6.51. The van der Waals surface area contributed by atoms with E-state index in [1.165, 1.54) is 12.1 Å². The van der Waals surface area contributed by atoms with Crippen molar-refractivity contribution in [2.24, 2.45) is 0 Å². The second kappa shape index (κ2) is 8.03. The van der Waals surface area contributed by atoms with Crippen LogP contribution < -0.4 is 5.46 Å². The minimum atomic E-state index is -0.572. The van der Waals surface area contributed by atoms with Gasteiger partial charge in [-0.1, -0.05) is 6.07 Å². The number of benzene rings is 1. The first-order valence-electron chi connectivity index (χ1n) is 9.87. The number of rotatable bonds is 5. The van der Waals surface area contributed by atoms with E-state index in [0.717, 1.165) is 11.0 Å². The molecule has 0 spiro atoms. The summed E-state index contributed by atoms with van der Waals surface area (Å²) in [6, 6.07) is 4.61. The molecular weight excluding hydrogens is 360 g/mol. The summed E-state index contributed by atoms with van der Waals surface area (Å²) in [6.45, 7) is 16.3. The first-order valence-corrected chi connectivity index (χ1v) is 9.87. The number of ether oxygens (including phenoxy) is 1. The van der Waals surface area contributed by atoms with Gasteiger partial charge >= 0.3 is 13.2 Å². The molecule has 0 aromatic heterocycles. The van der Waals surface area contributed by atoms with Gasteiger partial charge in [0, 0.05) is 13.1 Å². The third-order valence-corrected chi connectivity index (χ3v) is 5.30. The highest BCUT2D eigenvalue weighted by atomic mass is 19.1. The van der Waals surface area contributed by atoms with Gasteiger partial charge in [-0.05, 0) is 85.0 Å². The van der Waals surface area contributed by atoms with Crippen LogP contribution in [0.5, 0.6) is 0 Å². The highest BCUT2D eigenvalue weighted by molar-refractivity contribution is 6.62. The predicted molar refractivity (Wildman–Crippen MR) is 109 cm³/mol. The fourth-order valence-electron chi connectivity index (χ4n) is 2.95. The van der Waals surface area contributed by atoms with Crippen LogP contribution in [0.25, 0.3) is 0 Å². The van der Waals surface area contributed by atoms with E-state index in [4.69, 9.17) is 14.0 Å². The monoisotopic (exact) mass is 393 g/mol. The van der Waals surface area contributed by atoms with Crippen LogP contribution in [0.1, 0.15) is 61.0 Å². The van der Waals surface area contributed by atoms with Crippen molar-refractivity contribution in [3.63, 3.8) is 0 Å². The molecule has 2 rings (SSSR count). The standard InChI is InChI=1S/C21H33BFNO4/c1-9-24(18(25)26-19(2,3)4)13-12-15-14-16(23)10-11-17(15)22-27-20(5,6)21(7,8)28-22/h10-11,14H,9,12-13H2,1-8H3. The summed E-state index contributed by atoms with van der Waals surface area (Å²) < 4.78 is 31.6. The molecule has 1 amide bonds. The van der Waals surface area contributed by atoms with Crippen LogP contribution in [0.4, 0.5) is 9.18 Å². The predicted octanol–water partition coefficient (Wildman–Crippen LogP) is 3.92. The van der Waals surface area contributed by atoms with Gasteiger partial charge in [-0.15, -0.1) is 0 Å². The molecule has 0 saturated carbocycles. The quantitative estimate of drug-likeness (QED) is 0.712. The molecule has 0 unspecified atom stereocenters. The molecule has 1 aliphatic heterocycles. The molecule has 1 fully saturated rings. The second-order valence-electron chi connectivity index (χ2n) is 9.24. The first-order chi connectivity index (χ1) is 12.8. The number of halogens is 1. The summed E-state index contributed by atoms with van der Waals surface area (Å²) in [7, 11) is -0.572. The third kappa shape index (κ3) is 5.26. The average Bonchev–Trinajstić information content (AvgIpc) is 2.74. The number of nitrogens with zero attached hydrogens (tertiary/aromatic N) is 1. The number of amides is 1. The van der Waals surface area contributed by atoms with E-state index in [2.05, 4.69) is 0 Å². The summed E-state index contributed by atoms with van der Waals surface area (Å²) in [5.74, 6) is -0.324. The Morgan fingerprint density at radius 2 is 1.75 bits per heavy atom. The Hall–Kier alpha value is -1.60. The van der Waals surface area contributed by atoms with E-state index >= 15 is 0 Å². The van der Waals surface area contributed by atoms with E-state index < -0.39 is 23.9 Å². The van der Waals surface area contributed by atoms with Crippen LogP contribution in [0.15, 0.2) is 18.2 Å². The van der Waals surface area contributed by atoms with Crippen molar-refractivity contribution >= 4 is 18.7 Å². The van der Waals surface area contributed by atoms with Crippen molar-refractivity contribution in [2.45, 2.75) is 78.6 Å². The maximum absolute atomic E-state index is 13.9. The highest BCUT2D eigenvalue weighted by Gasteiger charge is 2.52. The number of likely N-dealkylation sites (N-methyl/N-ethyl adjacent to an activating group) is 1. The average molecular weight is 393 g/mol. The zero-order valence-electron chi connectivity index (χ0n) is 18.4. The Balaban J connectivity index is 2.18. The van der Waals surface area contributed by atoms with Gasteiger partial charge in [-0.25, -0.2) is 9.18 Å². The molecule has 1 aromatic carbocycles. The van der Waals surface area contributed by atoms with E-state index in [-0.39, 0.29) is 11.9 Å². The number of carbonyl (C=O) groups excluding carboxylic acids is 1. The molecule has 0 bridgehead atoms. The maximum Gasteiger partial charge on any atom is 0.495 e. The minimum absolute atomic E-state index is 0.324. The van der Waals surface area contributed by atoms with Crippen LogP contribution in [-0.2, 0) is 20.5 Å². The topological polar surface area (TPSA) is 48.0 Å². The Bertz CT molecular complexity index is 699. The van der Waals surface area contributed by atoms with Crippen molar-refractivity contribution in [2.75, 3.05) is 13.1 Å². The molecule has 7 heteroatoms. The normalized spacial score (nSPS) is 18.2. The molecule has 1 heterocycles. The molecule has 1 saturated heterocycles. The maximum atomic E-state index is 13.9. The van der Waals surface area contributed by atoms with E-state index in [1.54, 1.807) is 11.0 Å². The summed E-state index contributed by atoms with van der Waals surface area (Å²) in [5, 5.41) is 0. The van der Waals surface area contributed by atoms with Gasteiger partial charge in [0.05, 0.1) is 11.2 Å². The van der Waals surface area contributed by atoms with Gasteiger partial charge in [-0.2, -0.15) is 0 Å². The smallest absolute Gasteiger partial charge is 0.444 e. The minimum Gasteiger partial charge on any atom is -0.444 e. The van der Waals surface area contributed by atoms with Gasteiger partial charge in [0.15, 0.2) is 0 Å². The molecule has 0 N–H and O–H groups in total. The van der Waals surface area contributed by atoms with Crippen LogP contribution in [0.2, 0.25) is 0 Å². The number of carbonyl (C=O) groups is 1. The molecule has 1 aliphatic rings. The van der Waals surface area contributed by atoms with Crippen LogP contribution in [0.3, 0.4) is 0 Å². The van der Waals surface area contributed by atoms with Crippen LogP contribution in [-0.4, -0.2) is 48.0 Å². The van der Waals surface area contributed by atoms with Gasteiger partial charge in [0.1, 0.15) is 11.4 Å². The summed E-state index contributed by atoms with van der Waals surface area (Å²) in [6.07, 6.45) is 0.105. The lowest BCUT2D eigenvalue weighted by atomic mass is 9.75. The van der Waals surface area contributed by atoms with Crippen molar-refractivity contribution < 1.29 is 23.2 Å². The fourth-order valence-corrected chi connectivity index (χ4v) is 2.95. The van der Waals surface area contributed by atoms with Gasteiger partial charge in [-0.3, -0.25) is 0 Å². The fraction of sp³-hybridized carbons (Fsp3) is 0.667. The van der Waals surface area contributed by atoms with E-state index in [1.807, 2.05) is 55.4 Å². The Morgan fingerprint density at radius 1 is 1.18 bits per heavy atom. The van der Waals surface area contributed by atoms with Crippen LogP contribution in [0, 0.1) is 5.82 Å². The van der Waals surface area contributed by atoms with E-state index in [9.17, 15) is 9.18 Å². The second-order valence-corrected chi connectivity index (χ2v) is 9.24. The van der Waals surface area contributed by atoms with Crippen LogP contribution >= 0.6 is 0 Å². The molecule has 156 valence electrons. The summed E-state index contributed by atoms with van der Waals surface area (Å²) in [5.41, 5.74) is 0.0442. The van der Waals surface area contributed by atoms with Crippen molar-refractivity contribution in [1.82, 2.24) is 4.90 Å². The molecular formula is C21H33BFNO4. The Labute approximate surface area is 168 Å². The molecule has 0 atom stereocenters. The Morgan fingerprint density at radius 3 is 2.25 bits per heavy atom. The lowest BCUT2D eigenvalue weighted by Gasteiger charge is -2.32. The SMILES string of the molecule is CCN(CCc1cc(F)ccc1B1OC(C)(C)C(C)(C)O1)C(=O)OC(C)(C)C. The summed E-state index contributed by atoms with van der Waals surface area (Å²) in [4.78, 5) is 14.0. The molecule has 5 nitrogen and oxygen atoms in total.